The maximum Gasteiger partial charge on any atom is 0.259 e. The number of halogens is 1. The lowest BCUT2D eigenvalue weighted by atomic mass is 10.1. The van der Waals surface area contributed by atoms with Gasteiger partial charge in [0.15, 0.2) is 5.82 Å². The van der Waals surface area contributed by atoms with E-state index < -0.39 is 0 Å². The smallest absolute Gasteiger partial charge is 0.259 e. The minimum Gasteiger partial charge on any atom is -0.320 e. The maximum atomic E-state index is 13.2. The van der Waals surface area contributed by atoms with Crippen molar-refractivity contribution in [3.63, 3.8) is 0 Å². The van der Waals surface area contributed by atoms with E-state index in [0.29, 0.717) is 34.1 Å². The lowest BCUT2D eigenvalue weighted by Gasteiger charge is -2.08. The Bertz CT molecular complexity index is 1220. The topological polar surface area (TPSA) is 77.6 Å². The van der Waals surface area contributed by atoms with Gasteiger partial charge in [0.2, 0.25) is 0 Å². The van der Waals surface area contributed by atoms with Crippen LogP contribution in [-0.4, -0.2) is 30.5 Å². The highest BCUT2D eigenvalue weighted by Crippen LogP contribution is 2.20. The molecule has 30 heavy (non-hydrogen) atoms. The summed E-state index contributed by atoms with van der Waals surface area (Å²) < 4.78 is 16.6. The van der Waals surface area contributed by atoms with Crippen LogP contribution in [0.3, 0.4) is 0 Å². The Labute approximate surface area is 173 Å². The summed E-state index contributed by atoms with van der Waals surface area (Å²) in [4.78, 5) is 17.3. The van der Waals surface area contributed by atoms with Crippen molar-refractivity contribution in [1.29, 1.82) is 0 Å². The van der Waals surface area contributed by atoms with Crippen LogP contribution in [0, 0.1) is 33.5 Å². The second-order valence-corrected chi connectivity index (χ2v) is 7.13. The number of hydrogen-bond acceptors (Lipinski definition) is 4. The molecule has 152 valence electrons. The minimum absolute atomic E-state index is 0.279. The molecule has 3 aromatic heterocycles. The fourth-order valence-corrected chi connectivity index (χ4v) is 3.44. The van der Waals surface area contributed by atoms with E-state index in [1.807, 2.05) is 26.8 Å². The minimum atomic E-state index is -0.324. The number of rotatable bonds is 4. The highest BCUT2D eigenvalue weighted by molar-refractivity contribution is 6.05. The third kappa shape index (κ3) is 3.59. The Morgan fingerprint density at radius 2 is 1.70 bits per heavy atom. The highest BCUT2D eigenvalue weighted by Gasteiger charge is 2.20. The molecule has 4 rings (SSSR count). The summed E-state index contributed by atoms with van der Waals surface area (Å²) in [5, 5.41) is 11.7. The Kier molecular flexibility index (Phi) is 4.91. The molecule has 0 atom stereocenters. The summed E-state index contributed by atoms with van der Waals surface area (Å²) in [5.74, 6) is 0.0729. The van der Waals surface area contributed by atoms with E-state index in [0.717, 1.165) is 11.4 Å². The average molecular weight is 404 g/mol. The summed E-state index contributed by atoms with van der Waals surface area (Å²) in [6, 6.07) is 11.5. The zero-order valence-electron chi connectivity index (χ0n) is 17.1. The number of amides is 1. The number of pyridine rings is 1. The molecule has 3 heterocycles. The fourth-order valence-electron chi connectivity index (χ4n) is 3.44. The van der Waals surface area contributed by atoms with Gasteiger partial charge in [-0.3, -0.25) is 4.79 Å². The predicted octanol–water partition coefficient (Wildman–Crippen LogP) is 4.08. The second-order valence-electron chi connectivity index (χ2n) is 7.13. The van der Waals surface area contributed by atoms with Crippen LogP contribution in [0.15, 0.2) is 48.7 Å². The molecule has 1 amide bonds. The lowest BCUT2D eigenvalue weighted by Crippen LogP contribution is -2.14. The van der Waals surface area contributed by atoms with Crippen molar-refractivity contribution in [2.75, 3.05) is 5.32 Å². The first-order valence-corrected chi connectivity index (χ1v) is 9.46. The Morgan fingerprint density at radius 3 is 2.30 bits per heavy atom. The number of hydrogen-bond donors (Lipinski definition) is 1. The van der Waals surface area contributed by atoms with Gasteiger partial charge in [0.1, 0.15) is 5.82 Å². The van der Waals surface area contributed by atoms with Gasteiger partial charge >= 0.3 is 0 Å². The summed E-state index contributed by atoms with van der Waals surface area (Å²) in [6.45, 7) is 7.46. The van der Waals surface area contributed by atoms with Gasteiger partial charge in [0.05, 0.1) is 40.2 Å². The molecule has 0 saturated heterocycles. The Balaban J connectivity index is 1.57. The van der Waals surface area contributed by atoms with E-state index in [1.165, 1.54) is 12.1 Å². The third-order valence-electron chi connectivity index (χ3n) is 4.82. The maximum absolute atomic E-state index is 13.2. The van der Waals surface area contributed by atoms with Crippen molar-refractivity contribution in [3.8, 4) is 11.5 Å². The van der Waals surface area contributed by atoms with Crippen LogP contribution in [0.4, 0.5) is 10.1 Å². The van der Waals surface area contributed by atoms with Crippen LogP contribution in [0.25, 0.3) is 11.5 Å². The molecule has 0 saturated carbocycles. The molecule has 1 N–H and O–H groups in total. The van der Waals surface area contributed by atoms with Crippen LogP contribution in [-0.2, 0) is 0 Å². The molecule has 0 unspecified atom stereocenters. The van der Waals surface area contributed by atoms with Gasteiger partial charge < -0.3 is 5.32 Å². The SMILES string of the molecule is Cc1cc(C)n(-c2ccc(NC(=O)c3c(C)nn(-c4ccc(F)cc4)c3C)cn2)n1. The van der Waals surface area contributed by atoms with E-state index in [1.54, 1.807) is 46.7 Å². The van der Waals surface area contributed by atoms with Crippen molar-refractivity contribution < 1.29 is 9.18 Å². The normalized spacial score (nSPS) is 11.0. The molecule has 0 aliphatic heterocycles. The Morgan fingerprint density at radius 1 is 0.967 bits per heavy atom. The van der Waals surface area contributed by atoms with Gasteiger partial charge in [0.25, 0.3) is 5.91 Å². The first-order chi connectivity index (χ1) is 14.3. The quantitative estimate of drug-likeness (QED) is 0.556. The van der Waals surface area contributed by atoms with E-state index in [-0.39, 0.29) is 11.7 Å². The molecule has 4 aromatic rings. The second kappa shape index (κ2) is 7.55. The van der Waals surface area contributed by atoms with Gasteiger partial charge in [-0.05, 0) is 70.2 Å². The van der Waals surface area contributed by atoms with Crippen molar-refractivity contribution >= 4 is 11.6 Å². The number of benzene rings is 1. The zero-order valence-corrected chi connectivity index (χ0v) is 17.1. The summed E-state index contributed by atoms with van der Waals surface area (Å²) in [6.07, 6.45) is 1.60. The molecule has 0 spiro atoms. The largest absolute Gasteiger partial charge is 0.320 e. The van der Waals surface area contributed by atoms with Crippen LogP contribution in [0.2, 0.25) is 0 Å². The Hall–Kier alpha value is -3.81. The number of aromatic nitrogens is 5. The van der Waals surface area contributed by atoms with Crippen molar-refractivity contribution in [1.82, 2.24) is 24.5 Å². The predicted molar refractivity (Wildman–Crippen MR) is 112 cm³/mol. The van der Waals surface area contributed by atoms with Gasteiger partial charge in [0, 0.05) is 5.69 Å². The first-order valence-electron chi connectivity index (χ1n) is 9.46. The molecule has 1 aromatic carbocycles. The fraction of sp³-hybridized carbons (Fsp3) is 0.182. The third-order valence-corrected chi connectivity index (χ3v) is 4.82. The van der Waals surface area contributed by atoms with E-state index in [2.05, 4.69) is 20.5 Å². The zero-order chi connectivity index (χ0) is 21.4. The van der Waals surface area contributed by atoms with Gasteiger partial charge in [-0.15, -0.1) is 0 Å². The van der Waals surface area contributed by atoms with Crippen LogP contribution >= 0.6 is 0 Å². The van der Waals surface area contributed by atoms with Crippen LogP contribution in [0.1, 0.15) is 33.1 Å². The molecule has 7 nitrogen and oxygen atoms in total. The van der Waals surface area contributed by atoms with Gasteiger partial charge in [-0.2, -0.15) is 10.2 Å². The van der Waals surface area contributed by atoms with Gasteiger partial charge in [-0.25, -0.2) is 18.7 Å². The van der Waals surface area contributed by atoms with E-state index >= 15 is 0 Å². The number of aryl methyl sites for hydroxylation is 3. The van der Waals surface area contributed by atoms with Crippen molar-refractivity contribution in [2.45, 2.75) is 27.7 Å². The molecule has 0 fully saturated rings. The number of nitrogens with one attached hydrogen (secondary N) is 1. The number of nitrogens with zero attached hydrogens (tertiary/aromatic N) is 5. The standard InChI is InChI=1S/C22H21FN6O/c1-13-11-14(2)28(26-13)20-10-7-18(12-24-20)25-22(30)21-15(3)27-29(16(21)4)19-8-5-17(23)6-9-19/h5-12H,1-4H3,(H,25,30). The van der Waals surface area contributed by atoms with Crippen LogP contribution < -0.4 is 5.32 Å². The molecule has 0 aliphatic rings. The lowest BCUT2D eigenvalue weighted by molar-refractivity contribution is 0.102. The van der Waals surface area contributed by atoms with Gasteiger partial charge in [-0.1, -0.05) is 0 Å². The number of carbonyl (C=O) groups excluding carboxylic acids is 1. The molecular weight excluding hydrogens is 383 g/mol. The summed E-state index contributed by atoms with van der Waals surface area (Å²) >= 11 is 0. The number of anilines is 1. The van der Waals surface area contributed by atoms with Crippen molar-refractivity contribution in [2.24, 2.45) is 0 Å². The molecule has 0 radical (unpaired) electrons. The summed E-state index contributed by atoms with van der Waals surface area (Å²) in [5.41, 5.74) is 4.88. The monoisotopic (exact) mass is 404 g/mol. The number of carbonyl (C=O) groups is 1. The van der Waals surface area contributed by atoms with Crippen LogP contribution in [0.5, 0.6) is 0 Å². The molecule has 0 bridgehead atoms. The molecule has 0 aliphatic carbocycles. The van der Waals surface area contributed by atoms with E-state index in [4.69, 9.17) is 0 Å². The molecule has 8 heteroatoms. The molecular formula is C22H21FN6O. The average Bonchev–Trinajstić information content (AvgIpc) is 3.20. The highest BCUT2D eigenvalue weighted by atomic mass is 19.1. The first kappa shape index (κ1) is 19.5. The summed E-state index contributed by atoms with van der Waals surface area (Å²) in [7, 11) is 0. The van der Waals surface area contributed by atoms with Crippen molar-refractivity contribution in [3.05, 3.63) is 82.8 Å². The van der Waals surface area contributed by atoms with E-state index in [9.17, 15) is 9.18 Å².